The second-order valence-corrected chi connectivity index (χ2v) is 7.36. The van der Waals surface area contributed by atoms with E-state index in [1.807, 2.05) is 34.9 Å². The van der Waals surface area contributed by atoms with E-state index >= 15 is 0 Å². The smallest absolute Gasteiger partial charge is 0.254 e. The van der Waals surface area contributed by atoms with E-state index in [9.17, 15) is 9.59 Å². The van der Waals surface area contributed by atoms with Gasteiger partial charge in [0.2, 0.25) is 5.91 Å². The van der Waals surface area contributed by atoms with E-state index in [0.29, 0.717) is 26.2 Å². The van der Waals surface area contributed by atoms with Crippen LogP contribution in [0.25, 0.3) is 0 Å². The van der Waals surface area contributed by atoms with Crippen LogP contribution in [0.1, 0.15) is 48.0 Å². The number of carbonyl (C=O) groups excluding carboxylic acids is 2. The first-order valence-electron chi connectivity index (χ1n) is 9.91. The van der Waals surface area contributed by atoms with Gasteiger partial charge < -0.3 is 19.3 Å². The number of rotatable bonds is 7. The largest absolute Gasteiger partial charge is 0.497 e. The molecule has 0 atom stereocenters. The monoisotopic (exact) mass is 374 g/mol. The van der Waals surface area contributed by atoms with Gasteiger partial charge in [0.25, 0.3) is 5.91 Å². The summed E-state index contributed by atoms with van der Waals surface area (Å²) in [5.41, 5.74) is 1.64. The fourth-order valence-corrected chi connectivity index (χ4v) is 3.98. The van der Waals surface area contributed by atoms with Gasteiger partial charge in [-0.15, -0.1) is 0 Å². The highest BCUT2D eigenvalue weighted by molar-refractivity contribution is 5.96. The van der Waals surface area contributed by atoms with Gasteiger partial charge in [-0.2, -0.15) is 0 Å². The van der Waals surface area contributed by atoms with Crippen molar-refractivity contribution < 1.29 is 19.1 Å². The lowest BCUT2D eigenvalue weighted by molar-refractivity contribution is -0.127. The minimum absolute atomic E-state index is 0.0646. The van der Waals surface area contributed by atoms with Gasteiger partial charge >= 0.3 is 0 Å². The molecule has 2 heterocycles. The molecule has 2 aliphatic heterocycles. The second-order valence-electron chi connectivity index (χ2n) is 7.36. The van der Waals surface area contributed by atoms with E-state index in [0.717, 1.165) is 55.6 Å². The van der Waals surface area contributed by atoms with E-state index in [1.54, 1.807) is 7.11 Å². The number of amides is 2. The SMILES string of the molecule is COc1ccc(C(=O)N(CCCN2CCCC2=O)C2CCOCC2)c(C)c1. The van der Waals surface area contributed by atoms with Crippen molar-refractivity contribution in [3.63, 3.8) is 0 Å². The summed E-state index contributed by atoms with van der Waals surface area (Å²) in [5, 5.41) is 0. The number of ether oxygens (including phenoxy) is 2. The molecule has 6 nitrogen and oxygen atoms in total. The molecule has 148 valence electrons. The number of methoxy groups -OCH3 is 1. The van der Waals surface area contributed by atoms with Crippen LogP contribution in [-0.4, -0.2) is 67.6 Å². The Labute approximate surface area is 161 Å². The van der Waals surface area contributed by atoms with Crippen LogP contribution < -0.4 is 4.74 Å². The first-order chi connectivity index (χ1) is 13.1. The second kappa shape index (κ2) is 9.22. The molecule has 3 rings (SSSR count). The molecule has 0 aliphatic carbocycles. The van der Waals surface area contributed by atoms with Crippen LogP contribution in [0.15, 0.2) is 18.2 Å². The van der Waals surface area contributed by atoms with Crippen LogP contribution >= 0.6 is 0 Å². The summed E-state index contributed by atoms with van der Waals surface area (Å²) in [6.07, 6.45) is 4.15. The number of nitrogens with zero attached hydrogens (tertiary/aromatic N) is 2. The van der Waals surface area contributed by atoms with Crippen molar-refractivity contribution in [2.75, 3.05) is 40.0 Å². The van der Waals surface area contributed by atoms with Crippen LogP contribution in [0.4, 0.5) is 0 Å². The molecule has 0 N–H and O–H groups in total. The van der Waals surface area contributed by atoms with Crippen LogP contribution in [0.5, 0.6) is 5.75 Å². The topological polar surface area (TPSA) is 59.1 Å². The van der Waals surface area contributed by atoms with Crippen LogP contribution in [-0.2, 0) is 9.53 Å². The van der Waals surface area contributed by atoms with Crippen molar-refractivity contribution in [2.45, 2.75) is 45.1 Å². The number of hydrogen-bond donors (Lipinski definition) is 0. The minimum Gasteiger partial charge on any atom is -0.497 e. The van der Waals surface area contributed by atoms with Gasteiger partial charge in [0.1, 0.15) is 5.75 Å². The first kappa shape index (κ1) is 19.7. The Morgan fingerprint density at radius 2 is 2.11 bits per heavy atom. The molecule has 0 unspecified atom stereocenters. The van der Waals surface area contributed by atoms with Crippen LogP contribution in [0.2, 0.25) is 0 Å². The Bertz CT molecular complexity index is 670. The maximum Gasteiger partial charge on any atom is 0.254 e. The average molecular weight is 374 g/mol. The Balaban J connectivity index is 1.70. The quantitative estimate of drug-likeness (QED) is 0.736. The number of hydrogen-bond acceptors (Lipinski definition) is 4. The lowest BCUT2D eigenvalue weighted by Crippen LogP contribution is -2.45. The summed E-state index contributed by atoms with van der Waals surface area (Å²) in [6, 6.07) is 5.79. The van der Waals surface area contributed by atoms with E-state index in [1.165, 1.54) is 0 Å². The molecule has 0 spiro atoms. The third-order valence-electron chi connectivity index (χ3n) is 5.55. The summed E-state index contributed by atoms with van der Waals surface area (Å²) < 4.78 is 10.7. The molecule has 1 aromatic rings. The van der Waals surface area contributed by atoms with Gasteiger partial charge in [0, 0.05) is 50.9 Å². The Hall–Kier alpha value is -2.08. The van der Waals surface area contributed by atoms with Gasteiger partial charge in [0.15, 0.2) is 0 Å². The molecule has 6 heteroatoms. The van der Waals surface area contributed by atoms with E-state index < -0.39 is 0 Å². The molecule has 27 heavy (non-hydrogen) atoms. The lowest BCUT2D eigenvalue weighted by Gasteiger charge is -2.35. The third kappa shape index (κ3) is 4.80. The number of benzene rings is 1. The van der Waals surface area contributed by atoms with Crippen LogP contribution in [0, 0.1) is 6.92 Å². The first-order valence-corrected chi connectivity index (χ1v) is 9.91. The molecular formula is C21H30N2O4. The minimum atomic E-state index is 0.0646. The number of likely N-dealkylation sites (tertiary alicyclic amines) is 1. The van der Waals surface area contributed by atoms with Crippen molar-refractivity contribution in [1.82, 2.24) is 9.80 Å². The maximum atomic E-state index is 13.3. The van der Waals surface area contributed by atoms with Gasteiger partial charge in [-0.05, 0) is 56.4 Å². The Morgan fingerprint density at radius 1 is 1.33 bits per heavy atom. The molecule has 2 amide bonds. The lowest BCUT2D eigenvalue weighted by atomic mass is 10.0. The Kier molecular flexibility index (Phi) is 6.72. The zero-order valence-corrected chi connectivity index (χ0v) is 16.4. The predicted octanol–water partition coefficient (Wildman–Crippen LogP) is 2.64. The molecule has 0 bridgehead atoms. The van der Waals surface area contributed by atoms with E-state index in [4.69, 9.17) is 9.47 Å². The van der Waals surface area contributed by atoms with Crippen molar-refractivity contribution in [1.29, 1.82) is 0 Å². The molecule has 0 saturated carbocycles. The summed E-state index contributed by atoms with van der Waals surface area (Å²) in [5.74, 6) is 1.06. The number of aryl methyl sites for hydroxylation is 1. The molecule has 2 fully saturated rings. The van der Waals surface area contributed by atoms with Gasteiger partial charge in [0.05, 0.1) is 7.11 Å². The van der Waals surface area contributed by atoms with Crippen molar-refractivity contribution in [3.8, 4) is 5.75 Å². The average Bonchev–Trinajstić information content (AvgIpc) is 3.10. The fraction of sp³-hybridized carbons (Fsp3) is 0.619. The highest BCUT2D eigenvalue weighted by Gasteiger charge is 2.28. The molecule has 0 radical (unpaired) electrons. The normalized spacial score (nSPS) is 18.0. The number of carbonyl (C=O) groups is 2. The van der Waals surface area contributed by atoms with E-state index in [2.05, 4.69) is 0 Å². The Morgan fingerprint density at radius 3 is 2.74 bits per heavy atom. The highest BCUT2D eigenvalue weighted by atomic mass is 16.5. The summed E-state index contributed by atoms with van der Waals surface area (Å²) in [7, 11) is 1.63. The standard InChI is InChI=1S/C21H30N2O4/c1-16-15-18(26-2)6-7-19(16)21(25)23(17-8-13-27-14-9-17)12-4-11-22-10-3-5-20(22)24/h6-7,15,17H,3-5,8-14H2,1-2H3. The summed E-state index contributed by atoms with van der Waals surface area (Å²) in [4.78, 5) is 29.1. The molecule has 1 aromatic carbocycles. The zero-order valence-electron chi connectivity index (χ0n) is 16.4. The molecule has 2 saturated heterocycles. The maximum absolute atomic E-state index is 13.3. The van der Waals surface area contributed by atoms with Crippen LogP contribution in [0.3, 0.4) is 0 Å². The fourth-order valence-electron chi connectivity index (χ4n) is 3.98. The van der Waals surface area contributed by atoms with E-state index in [-0.39, 0.29) is 17.9 Å². The highest BCUT2D eigenvalue weighted by Crippen LogP contribution is 2.23. The molecular weight excluding hydrogens is 344 g/mol. The van der Waals surface area contributed by atoms with Gasteiger partial charge in [-0.1, -0.05) is 0 Å². The predicted molar refractivity (Wildman–Crippen MR) is 103 cm³/mol. The van der Waals surface area contributed by atoms with Gasteiger partial charge in [-0.25, -0.2) is 0 Å². The summed E-state index contributed by atoms with van der Waals surface area (Å²) >= 11 is 0. The van der Waals surface area contributed by atoms with Crippen molar-refractivity contribution >= 4 is 11.8 Å². The summed E-state index contributed by atoms with van der Waals surface area (Å²) in [6.45, 7) is 5.58. The van der Waals surface area contributed by atoms with Crippen molar-refractivity contribution in [3.05, 3.63) is 29.3 Å². The molecule has 0 aromatic heterocycles. The zero-order chi connectivity index (χ0) is 19.2. The molecule has 2 aliphatic rings. The van der Waals surface area contributed by atoms with Crippen molar-refractivity contribution in [2.24, 2.45) is 0 Å². The third-order valence-corrected chi connectivity index (χ3v) is 5.55. The van der Waals surface area contributed by atoms with Gasteiger partial charge in [-0.3, -0.25) is 9.59 Å².